The van der Waals surface area contributed by atoms with Crippen LogP contribution in [0.1, 0.15) is 21.5 Å². The van der Waals surface area contributed by atoms with Crippen molar-refractivity contribution in [3.8, 4) is 0 Å². The molecule has 0 spiro atoms. The Morgan fingerprint density at radius 3 is 2.47 bits per heavy atom. The second kappa shape index (κ2) is 5.15. The molecular formula is C14H13NOS. The van der Waals surface area contributed by atoms with Crippen LogP contribution in [0.3, 0.4) is 0 Å². The summed E-state index contributed by atoms with van der Waals surface area (Å²) in [6, 6.07) is 11.2. The van der Waals surface area contributed by atoms with Crippen LogP contribution < -0.4 is 0 Å². The van der Waals surface area contributed by atoms with Gasteiger partial charge in [0.15, 0.2) is 5.78 Å². The Morgan fingerprint density at radius 2 is 1.88 bits per heavy atom. The summed E-state index contributed by atoms with van der Waals surface area (Å²) >= 11 is 1.59. The molecular weight excluding hydrogens is 230 g/mol. The lowest BCUT2D eigenvalue weighted by molar-refractivity contribution is 0.103. The number of hydrogen-bond acceptors (Lipinski definition) is 3. The molecule has 0 radical (unpaired) electrons. The second-order valence-corrected chi connectivity index (χ2v) is 4.54. The number of ketones is 1. The van der Waals surface area contributed by atoms with Gasteiger partial charge in [0, 0.05) is 17.3 Å². The van der Waals surface area contributed by atoms with E-state index in [0.29, 0.717) is 11.1 Å². The van der Waals surface area contributed by atoms with Crippen molar-refractivity contribution in [3.05, 3.63) is 59.3 Å². The van der Waals surface area contributed by atoms with E-state index in [1.54, 1.807) is 18.0 Å². The maximum Gasteiger partial charge on any atom is 0.194 e. The van der Waals surface area contributed by atoms with Gasteiger partial charge in [-0.15, -0.1) is 11.8 Å². The minimum absolute atomic E-state index is 0.0221. The summed E-state index contributed by atoms with van der Waals surface area (Å²) in [7, 11) is 0. The first-order valence-corrected chi connectivity index (χ1v) is 6.55. The summed E-state index contributed by atoms with van der Waals surface area (Å²) in [6.07, 6.45) is 3.63. The molecule has 2 nitrogen and oxygen atoms in total. The van der Waals surface area contributed by atoms with E-state index in [-0.39, 0.29) is 5.78 Å². The average molecular weight is 243 g/mol. The fourth-order valence-electron chi connectivity index (χ4n) is 1.66. The van der Waals surface area contributed by atoms with Crippen molar-refractivity contribution in [1.29, 1.82) is 0 Å². The van der Waals surface area contributed by atoms with E-state index in [4.69, 9.17) is 0 Å². The predicted molar refractivity (Wildman–Crippen MR) is 70.6 cm³/mol. The SMILES string of the molecule is CSc1ncc(C(=O)c2ccccc2)cc1C. The lowest BCUT2D eigenvalue weighted by Crippen LogP contribution is -2.02. The van der Waals surface area contributed by atoms with Gasteiger partial charge in [-0.1, -0.05) is 30.3 Å². The highest BCUT2D eigenvalue weighted by molar-refractivity contribution is 7.98. The minimum Gasteiger partial charge on any atom is -0.289 e. The maximum absolute atomic E-state index is 12.2. The highest BCUT2D eigenvalue weighted by Gasteiger charge is 2.10. The van der Waals surface area contributed by atoms with Crippen molar-refractivity contribution in [2.75, 3.05) is 6.26 Å². The van der Waals surface area contributed by atoms with Gasteiger partial charge in [-0.2, -0.15) is 0 Å². The molecule has 0 saturated carbocycles. The Morgan fingerprint density at radius 1 is 1.18 bits per heavy atom. The van der Waals surface area contributed by atoms with E-state index in [1.165, 1.54) is 0 Å². The highest BCUT2D eigenvalue weighted by atomic mass is 32.2. The lowest BCUT2D eigenvalue weighted by atomic mass is 10.0. The van der Waals surface area contributed by atoms with Gasteiger partial charge in [0.2, 0.25) is 0 Å². The third-order valence-corrected chi connectivity index (χ3v) is 3.34. The highest BCUT2D eigenvalue weighted by Crippen LogP contribution is 2.19. The molecule has 0 aliphatic heterocycles. The molecule has 0 amide bonds. The average Bonchev–Trinajstić information content (AvgIpc) is 2.39. The fourth-order valence-corrected chi connectivity index (χ4v) is 2.20. The Labute approximate surface area is 105 Å². The second-order valence-electron chi connectivity index (χ2n) is 3.75. The number of aromatic nitrogens is 1. The molecule has 0 N–H and O–H groups in total. The fraction of sp³-hybridized carbons (Fsp3) is 0.143. The third kappa shape index (κ3) is 2.56. The van der Waals surface area contributed by atoms with Gasteiger partial charge >= 0.3 is 0 Å². The van der Waals surface area contributed by atoms with Gasteiger partial charge < -0.3 is 0 Å². The van der Waals surface area contributed by atoms with E-state index in [1.807, 2.05) is 49.6 Å². The van der Waals surface area contributed by atoms with Crippen molar-refractivity contribution < 1.29 is 4.79 Å². The Kier molecular flexibility index (Phi) is 3.59. The van der Waals surface area contributed by atoms with Crippen LogP contribution in [-0.4, -0.2) is 17.0 Å². The van der Waals surface area contributed by atoms with Crippen LogP contribution in [-0.2, 0) is 0 Å². The van der Waals surface area contributed by atoms with Crippen LogP contribution in [0, 0.1) is 6.92 Å². The molecule has 3 heteroatoms. The van der Waals surface area contributed by atoms with E-state index in [2.05, 4.69) is 4.98 Å². The van der Waals surface area contributed by atoms with Crippen molar-refractivity contribution in [3.63, 3.8) is 0 Å². The van der Waals surface area contributed by atoms with Gasteiger partial charge in [0.1, 0.15) is 0 Å². The van der Waals surface area contributed by atoms with Crippen molar-refractivity contribution >= 4 is 17.5 Å². The summed E-state index contributed by atoms with van der Waals surface area (Å²) in [5.41, 5.74) is 2.39. The quantitative estimate of drug-likeness (QED) is 0.611. The molecule has 0 saturated heterocycles. The third-order valence-electron chi connectivity index (χ3n) is 2.52. The standard InChI is InChI=1S/C14H13NOS/c1-10-8-12(9-15-14(10)17-2)13(16)11-6-4-3-5-7-11/h3-9H,1-2H3. The molecule has 86 valence electrons. The number of rotatable bonds is 3. The van der Waals surface area contributed by atoms with Crippen molar-refractivity contribution in [2.24, 2.45) is 0 Å². The van der Waals surface area contributed by atoms with Crippen LogP contribution in [0.25, 0.3) is 0 Å². The first-order chi connectivity index (χ1) is 8.22. The van der Waals surface area contributed by atoms with Crippen molar-refractivity contribution in [1.82, 2.24) is 4.98 Å². The van der Waals surface area contributed by atoms with Crippen LogP contribution in [0.4, 0.5) is 0 Å². The number of nitrogens with zero attached hydrogens (tertiary/aromatic N) is 1. The summed E-state index contributed by atoms with van der Waals surface area (Å²) in [5.74, 6) is 0.0221. The number of carbonyl (C=O) groups excluding carboxylic acids is 1. The van der Waals surface area contributed by atoms with Crippen LogP contribution >= 0.6 is 11.8 Å². The summed E-state index contributed by atoms with van der Waals surface area (Å²) in [4.78, 5) is 16.4. The molecule has 2 aromatic rings. The zero-order valence-electron chi connectivity index (χ0n) is 9.81. The van der Waals surface area contributed by atoms with E-state index in [0.717, 1.165) is 10.6 Å². The normalized spacial score (nSPS) is 10.2. The molecule has 1 aromatic heterocycles. The Bertz CT molecular complexity index is 537. The van der Waals surface area contributed by atoms with Crippen LogP contribution in [0.5, 0.6) is 0 Å². The number of thioether (sulfide) groups is 1. The number of hydrogen-bond donors (Lipinski definition) is 0. The van der Waals surface area contributed by atoms with E-state index >= 15 is 0 Å². The van der Waals surface area contributed by atoms with Crippen molar-refractivity contribution in [2.45, 2.75) is 11.9 Å². The zero-order chi connectivity index (χ0) is 12.3. The topological polar surface area (TPSA) is 30.0 Å². The molecule has 0 bridgehead atoms. The summed E-state index contributed by atoms with van der Waals surface area (Å²) in [6.45, 7) is 1.97. The number of benzene rings is 1. The van der Waals surface area contributed by atoms with Crippen LogP contribution in [0.2, 0.25) is 0 Å². The molecule has 0 fully saturated rings. The van der Waals surface area contributed by atoms with Gasteiger partial charge in [-0.3, -0.25) is 4.79 Å². The van der Waals surface area contributed by atoms with E-state index < -0.39 is 0 Å². The van der Waals surface area contributed by atoms with Gasteiger partial charge in [0.05, 0.1) is 5.03 Å². The van der Waals surface area contributed by atoms with Gasteiger partial charge in [-0.25, -0.2) is 4.98 Å². The molecule has 1 aromatic carbocycles. The summed E-state index contributed by atoms with van der Waals surface area (Å²) < 4.78 is 0. The number of aryl methyl sites for hydroxylation is 1. The molecule has 0 aliphatic rings. The van der Waals surface area contributed by atoms with Gasteiger partial charge in [0.25, 0.3) is 0 Å². The smallest absolute Gasteiger partial charge is 0.194 e. The van der Waals surface area contributed by atoms with E-state index in [9.17, 15) is 4.79 Å². The number of carbonyl (C=O) groups is 1. The molecule has 0 unspecified atom stereocenters. The molecule has 0 atom stereocenters. The number of pyridine rings is 1. The predicted octanol–water partition coefficient (Wildman–Crippen LogP) is 3.34. The first-order valence-electron chi connectivity index (χ1n) is 5.33. The molecule has 0 aliphatic carbocycles. The van der Waals surface area contributed by atoms with Crippen LogP contribution in [0.15, 0.2) is 47.6 Å². The largest absolute Gasteiger partial charge is 0.289 e. The monoisotopic (exact) mass is 243 g/mol. The zero-order valence-corrected chi connectivity index (χ0v) is 10.6. The van der Waals surface area contributed by atoms with Gasteiger partial charge in [-0.05, 0) is 24.8 Å². The Balaban J connectivity index is 2.35. The first kappa shape index (κ1) is 11.9. The Hall–Kier alpha value is -1.61. The maximum atomic E-state index is 12.2. The minimum atomic E-state index is 0.0221. The lowest BCUT2D eigenvalue weighted by Gasteiger charge is -2.04. The molecule has 1 heterocycles. The molecule has 2 rings (SSSR count). The summed E-state index contributed by atoms with van der Waals surface area (Å²) in [5, 5.41) is 0.967. The molecule has 17 heavy (non-hydrogen) atoms.